The summed E-state index contributed by atoms with van der Waals surface area (Å²) in [7, 11) is 0. The zero-order valence-corrected chi connectivity index (χ0v) is 14.0. The van der Waals surface area contributed by atoms with Crippen molar-refractivity contribution in [2.75, 3.05) is 6.54 Å². The van der Waals surface area contributed by atoms with Crippen LogP contribution in [-0.4, -0.2) is 17.6 Å². The van der Waals surface area contributed by atoms with E-state index in [2.05, 4.69) is 44.1 Å². The minimum atomic E-state index is 0.340. The molecule has 0 aromatic carbocycles. The number of ether oxygens (including phenoxy) is 1. The van der Waals surface area contributed by atoms with E-state index in [0.29, 0.717) is 6.10 Å². The van der Waals surface area contributed by atoms with E-state index < -0.39 is 0 Å². The molecule has 0 radical (unpaired) electrons. The van der Waals surface area contributed by atoms with Crippen LogP contribution in [0.25, 0.3) is 0 Å². The van der Waals surface area contributed by atoms with Gasteiger partial charge in [0.15, 0.2) is 0 Å². The first-order valence-electron chi connectivity index (χ1n) is 8.44. The minimum absolute atomic E-state index is 0.340. The molecule has 0 saturated heterocycles. The van der Waals surface area contributed by atoms with Crippen LogP contribution < -0.4 is 10.1 Å². The number of aromatic nitrogens is 1. The van der Waals surface area contributed by atoms with Gasteiger partial charge < -0.3 is 10.1 Å². The summed E-state index contributed by atoms with van der Waals surface area (Å²) < 4.78 is 6.10. The summed E-state index contributed by atoms with van der Waals surface area (Å²) in [6.07, 6.45) is 5.08. The van der Waals surface area contributed by atoms with Crippen molar-refractivity contribution in [3.8, 4) is 5.88 Å². The van der Waals surface area contributed by atoms with E-state index in [9.17, 15) is 0 Å². The Morgan fingerprint density at radius 2 is 2.05 bits per heavy atom. The Bertz CT molecular complexity index is 447. The first-order valence-corrected chi connectivity index (χ1v) is 8.44. The molecular weight excluding hydrogens is 260 g/mol. The van der Waals surface area contributed by atoms with Gasteiger partial charge in [0.05, 0.1) is 0 Å². The van der Waals surface area contributed by atoms with Crippen molar-refractivity contribution in [1.29, 1.82) is 0 Å². The van der Waals surface area contributed by atoms with Crippen LogP contribution in [0.4, 0.5) is 0 Å². The molecule has 1 fully saturated rings. The third-order valence-electron chi connectivity index (χ3n) is 4.75. The van der Waals surface area contributed by atoms with Crippen LogP contribution in [-0.2, 0) is 6.54 Å². The number of nitrogens with one attached hydrogen (secondary N) is 1. The quantitative estimate of drug-likeness (QED) is 0.801. The Balaban J connectivity index is 1.91. The summed E-state index contributed by atoms with van der Waals surface area (Å²) in [6, 6.07) is 4.17. The van der Waals surface area contributed by atoms with E-state index in [1.165, 1.54) is 12.0 Å². The van der Waals surface area contributed by atoms with Gasteiger partial charge in [-0.05, 0) is 56.6 Å². The number of aryl methyl sites for hydroxylation is 1. The van der Waals surface area contributed by atoms with Crippen LogP contribution >= 0.6 is 0 Å². The van der Waals surface area contributed by atoms with Crippen molar-refractivity contribution >= 4 is 0 Å². The molecule has 3 unspecified atom stereocenters. The molecule has 3 atom stereocenters. The third-order valence-corrected chi connectivity index (χ3v) is 4.75. The fourth-order valence-electron chi connectivity index (χ4n) is 3.00. The SMILES string of the molecule is CCCNCc1ccc(OC2CCC(C)C(C)C2)nc1C. The van der Waals surface area contributed by atoms with Gasteiger partial charge in [0, 0.05) is 18.3 Å². The first kappa shape index (κ1) is 16.3. The van der Waals surface area contributed by atoms with Crippen LogP contribution in [0.3, 0.4) is 0 Å². The van der Waals surface area contributed by atoms with Gasteiger partial charge in [-0.3, -0.25) is 0 Å². The summed E-state index contributed by atoms with van der Waals surface area (Å²) in [5.41, 5.74) is 2.34. The van der Waals surface area contributed by atoms with Crippen LogP contribution in [0.5, 0.6) is 5.88 Å². The van der Waals surface area contributed by atoms with Gasteiger partial charge >= 0.3 is 0 Å². The Kier molecular flexibility index (Phi) is 6.04. The topological polar surface area (TPSA) is 34.1 Å². The van der Waals surface area contributed by atoms with E-state index in [0.717, 1.165) is 55.8 Å². The molecule has 1 heterocycles. The lowest BCUT2D eigenvalue weighted by Gasteiger charge is -2.32. The maximum absolute atomic E-state index is 6.10. The Morgan fingerprint density at radius 3 is 2.71 bits per heavy atom. The monoisotopic (exact) mass is 290 g/mol. The second kappa shape index (κ2) is 7.79. The lowest BCUT2D eigenvalue weighted by atomic mass is 9.80. The fraction of sp³-hybridized carbons (Fsp3) is 0.722. The zero-order valence-electron chi connectivity index (χ0n) is 14.0. The molecular formula is C18H30N2O. The van der Waals surface area contributed by atoms with Crippen LogP contribution in [0.15, 0.2) is 12.1 Å². The molecule has 0 bridgehead atoms. The molecule has 0 aliphatic heterocycles. The fourth-order valence-corrected chi connectivity index (χ4v) is 3.00. The van der Waals surface area contributed by atoms with Crippen molar-refractivity contribution in [2.24, 2.45) is 11.8 Å². The van der Waals surface area contributed by atoms with Gasteiger partial charge in [-0.2, -0.15) is 0 Å². The van der Waals surface area contributed by atoms with E-state index in [1.807, 2.05) is 6.07 Å². The second-order valence-corrected chi connectivity index (χ2v) is 6.58. The summed E-state index contributed by atoms with van der Waals surface area (Å²) in [6.45, 7) is 10.9. The maximum Gasteiger partial charge on any atom is 0.213 e. The molecule has 1 N–H and O–H groups in total. The summed E-state index contributed by atoms with van der Waals surface area (Å²) >= 11 is 0. The highest BCUT2D eigenvalue weighted by Crippen LogP contribution is 2.31. The number of nitrogens with zero attached hydrogens (tertiary/aromatic N) is 1. The van der Waals surface area contributed by atoms with Gasteiger partial charge in [-0.1, -0.05) is 26.8 Å². The van der Waals surface area contributed by atoms with Crippen LogP contribution in [0, 0.1) is 18.8 Å². The van der Waals surface area contributed by atoms with Crippen LogP contribution in [0.2, 0.25) is 0 Å². The molecule has 0 spiro atoms. The Morgan fingerprint density at radius 1 is 1.24 bits per heavy atom. The molecule has 1 aromatic rings. The molecule has 118 valence electrons. The highest BCUT2D eigenvalue weighted by atomic mass is 16.5. The third kappa shape index (κ3) is 4.70. The number of rotatable bonds is 6. The number of pyridine rings is 1. The Hall–Kier alpha value is -1.09. The van der Waals surface area contributed by atoms with E-state index in [4.69, 9.17) is 4.74 Å². The second-order valence-electron chi connectivity index (χ2n) is 6.58. The van der Waals surface area contributed by atoms with Crippen molar-refractivity contribution in [3.05, 3.63) is 23.4 Å². The minimum Gasteiger partial charge on any atom is -0.474 e. The number of hydrogen-bond acceptors (Lipinski definition) is 3. The summed E-state index contributed by atoms with van der Waals surface area (Å²) in [4.78, 5) is 4.63. The predicted octanol–water partition coefficient (Wildman–Crippen LogP) is 4.09. The highest BCUT2D eigenvalue weighted by Gasteiger charge is 2.26. The zero-order chi connectivity index (χ0) is 15.2. The smallest absolute Gasteiger partial charge is 0.213 e. The van der Waals surface area contributed by atoms with Crippen molar-refractivity contribution in [1.82, 2.24) is 10.3 Å². The largest absolute Gasteiger partial charge is 0.474 e. The molecule has 1 aromatic heterocycles. The van der Waals surface area contributed by atoms with Crippen molar-refractivity contribution in [2.45, 2.75) is 66.0 Å². The normalized spacial score (nSPS) is 25.8. The molecule has 2 rings (SSSR count). The predicted molar refractivity (Wildman–Crippen MR) is 87.6 cm³/mol. The molecule has 1 aliphatic carbocycles. The van der Waals surface area contributed by atoms with Gasteiger partial charge in [0.1, 0.15) is 6.10 Å². The lowest BCUT2D eigenvalue weighted by Crippen LogP contribution is -2.29. The molecule has 3 nitrogen and oxygen atoms in total. The van der Waals surface area contributed by atoms with Crippen molar-refractivity contribution in [3.63, 3.8) is 0 Å². The van der Waals surface area contributed by atoms with Gasteiger partial charge in [-0.15, -0.1) is 0 Å². The summed E-state index contributed by atoms with van der Waals surface area (Å²) in [5.74, 6) is 2.37. The average molecular weight is 290 g/mol. The molecule has 1 aliphatic rings. The van der Waals surface area contributed by atoms with Gasteiger partial charge in [0.25, 0.3) is 0 Å². The van der Waals surface area contributed by atoms with E-state index in [1.54, 1.807) is 0 Å². The summed E-state index contributed by atoms with van der Waals surface area (Å²) in [5, 5.41) is 3.42. The molecule has 0 amide bonds. The number of hydrogen-bond donors (Lipinski definition) is 1. The molecule has 3 heteroatoms. The standard InChI is InChI=1S/C18H30N2O/c1-5-10-19-12-16-7-9-18(20-15(16)4)21-17-8-6-13(2)14(3)11-17/h7,9,13-14,17,19H,5-6,8,10-12H2,1-4H3. The molecule has 1 saturated carbocycles. The average Bonchev–Trinajstić information content (AvgIpc) is 2.45. The van der Waals surface area contributed by atoms with E-state index in [-0.39, 0.29) is 0 Å². The van der Waals surface area contributed by atoms with E-state index >= 15 is 0 Å². The van der Waals surface area contributed by atoms with Crippen LogP contribution in [0.1, 0.15) is 57.7 Å². The highest BCUT2D eigenvalue weighted by molar-refractivity contribution is 5.25. The maximum atomic E-state index is 6.10. The Labute approximate surface area is 129 Å². The van der Waals surface area contributed by atoms with Gasteiger partial charge in [0.2, 0.25) is 5.88 Å². The van der Waals surface area contributed by atoms with Gasteiger partial charge in [-0.25, -0.2) is 4.98 Å². The van der Waals surface area contributed by atoms with Crippen molar-refractivity contribution < 1.29 is 4.74 Å². The lowest BCUT2D eigenvalue weighted by molar-refractivity contribution is 0.0963. The first-order chi connectivity index (χ1) is 10.1. The molecule has 21 heavy (non-hydrogen) atoms.